The minimum Gasteiger partial charge on any atom is -0.393 e. The Bertz CT molecular complexity index is 555. The molecule has 0 amide bonds. The van der Waals surface area contributed by atoms with E-state index in [0.717, 1.165) is 12.8 Å². The van der Waals surface area contributed by atoms with Gasteiger partial charge >= 0.3 is 0 Å². The van der Waals surface area contributed by atoms with Crippen molar-refractivity contribution in [2.45, 2.75) is 39.0 Å². The summed E-state index contributed by atoms with van der Waals surface area (Å²) in [5.41, 5.74) is 11.8. The molecule has 0 aromatic carbocycles. The van der Waals surface area contributed by atoms with Gasteiger partial charge in [-0.25, -0.2) is 15.8 Å². The summed E-state index contributed by atoms with van der Waals surface area (Å²) in [6.45, 7) is 5.09. The third kappa shape index (κ3) is 4.75. The highest BCUT2D eigenvalue weighted by Gasteiger charge is 2.29. The van der Waals surface area contributed by atoms with E-state index < -0.39 is 8.38 Å². The summed E-state index contributed by atoms with van der Waals surface area (Å²) >= 11 is 0. The molecule has 2 rings (SSSR count). The minimum absolute atomic E-state index is 0.0626. The van der Waals surface area contributed by atoms with Crippen LogP contribution in [0.1, 0.15) is 26.7 Å². The fourth-order valence-corrected chi connectivity index (χ4v) is 3.36. The second kappa shape index (κ2) is 9.10. The smallest absolute Gasteiger partial charge is 0.197 e. The van der Waals surface area contributed by atoms with E-state index >= 15 is 0 Å². The van der Waals surface area contributed by atoms with Crippen LogP contribution in [-0.4, -0.2) is 35.5 Å². The monoisotopic (exact) mass is 356 g/mol. The molecule has 6 N–H and O–H groups in total. The Morgan fingerprint density at radius 3 is 2.67 bits per heavy atom. The highest BCUT2D eigenvalue weighted by atomic mass is 31.2. The maximum atomic E-state index is 6.10. The van der Waals surface area contributed by atoms with E-state index in [2.05, 4.69) is 9.97 Å². The molecular formula is C14H25N6O3P. The first-order valence-electron chi connectivity index (χ1n) is 7.85. The SMILES string of the molecule is CCOP(/C=C/C1CCC(N(N)c2ncnc(N)c2N)O1)OCC. The Hall–Kier alpha value is -1.51. The van der Waals surface area contributed by atoms with Crippen LogP contribution in [0.3, 0.4) is 0 Å². The first kappa shape index (κ1) is 18.8. The fourth-order valence-electron chi connectivity index (χ4n) is 2.28. The lowest BCUT2D eigenvalue weighted by atomic mass is 10.2. The standard InChI is InChI=1S/C14H25N6O3P/c1-3-21-24(22-4-2)8-7-10-5-6-11(23-10)20(17)14-12(15)13(16)18-9-19-14/h7-11H,3-6,15,17H2,1-2H3,(H2,16,18,19)/b8-7+. The quantitative estimate of drug-likeness (QED) is 0.361. The van der Waals surface area contributed by atoms with Crippen LogP contribution in [0.5, 0.6) is 0 Å². The van der Waals surface area contributed by atoms with Crippen LogP contribution in [0, 0.1) is 0 Å². The molecule has 1 aliphatic heterocycles. The molecule has 9 nitrogen and oxygen atoms in total. The van der Waals surface area contributed by atoms with Crippen molar-refractivity contribution in [2.24, 2.45) is 5.84 Å². The van der Waals surface area contributed by atoms with E-state index in [0.29, 0.717) is 19.0 Å². The number of hydrogen-bond acceptors (Lipinski definition) is 9. The Morgan fingerprint density at radius 1 is 1.29 bits per heavy atom. The molecule has 0 aliphatic carbocycles. The van der Waals surface area contributed by atoms with Crippen molar-refractivity contribution in [3.05, 3.63) is 18.2 Å². The number of ether oxygens (including phenoxy) is 1. The van der Waals surface area contributed by atoms with Gasteiger partial charge in [0.15, 0.2) is 20.0 Å². The zero-order chi connectivity index (χ0) is 17.5. The minimum atomic E-state index is -1.02. The maximum absolute atomic E-state index is 6.10. The van der Waals surface area contributed by atoms with Gasteiger partial charge in [0.2, 0.25) is 0 Å². The summed E-state index contributed by atoms with van der Waals surface area (Å²) in [5, 5.41) is 1.40. The molecule has 1 aromatic rings. The number of nitrogen functional groups attached to an aromatic ring is 2. The van der Waals surface area contributed by atoms with Crippen LogP contribution in [-0.2, 0) is 13.8 Å². The van der Waals surface area contributed by atoms with Gasteiger partial charge in [-0.15, -0.1) is 0 Å². The average Bonchev–Trinajstić information content (AvgIpc) is 3.04. The fraction of sp³-hybridized carbons (Fsp3) is 0.571. The molecule has 2 atom stereocenters. The van der Waals surface area contributed by atoms with E-state index in [9.17, 15) is 0 Å². The number of aromatic nitrogens is 2. The summed E-state index contributed by atoms with van der Waals surface area (Å²) in [5.74, 6) is 8.58. The largest absolute Gasteiger partial charge is 0.393 e. The lowest BCUT2D eigenvalue weighted by molar-refractivity contribution is 0.0682. The molecule has 0 bridgehead atoms. The zero-order valence-corrected chi connectivity index (χ0v) is 14.9. The molecule has 24 heavy (non-hydrogen) atoms. The molecule has 0 radical (unpaired) electrons. The van der Waals surface area contributed by atoms with Crippen molar-refractivity contribution in [3.63, 3.8) is 0 Å². The van der Waals surface area contributed by atoms with Crippen LogP contribution in [0.2, 0.25) is 0 Å². The number of anilines is 3. The lowest BCUT2D eigenvalue weighted by Crippen LogP contribution is -2.42. The highest BCUT2D eigenvalue weighted by Crippen LogP contribution is 2.40. The van der Waals surface area contributed by atoms with Crippen LogP contribution in [0.15, 0.2) is 18.2 Å². The van der Waals surface area contributed by atoms with Crippen LogP contribution < -0.4 is 22.3 Å². The maximum Gasteiger partial charge on any atom is 0.197 e. The van der Waals surface area contributed by atoms with Crippen molar-refractivity contribution >= 4 is 25.7 Å². The summed E-state index contributed by atoms with van der Waals surface area (Å²) in [6, 6.07) is 0. The molecule has 134 valence electrons. The summed E-state index contributed by atoms with van der Waals surface area (Å²) < 4.78 is 17.0. The van der Waals surface area contributed by atoms with Gasteiger partial charge in [-0.05, 0) is 32.5 Å². The topological polar surface area (TPSA) is 135 Å². The van der Waals surface area contributed by atoms with Crippen molar-refractivity contribution in [1.29, 1.82) is 0 Å². The van der Waals surface area contributed by atoms with Crippen LogP contribution in [0.25, 0.3) is 0 Å². The Morgan fingerprint density at radius 2 is 2.00 bits per heavy atom. The average molecular weight is 356 g/mol. The molecule has 1 aromatic heterocycles. The van der Waals surface area contributed by atoms with E-state index in [1.54, 1.807) is 0 Å². The molecule has 2 unspecified atom stereocenters. The molecule has 2 heterocycles. The van der Waals surface area contributed by atoms with Crippen LogP contribution in [0.4, 0.5) is 17.3 Å². The second-order valence-corrected chi connectivity index (χ2v) is 6.46. The number of hydrazine groups is 1. The molecular weight excluding hydrogens is 331 g/mol. The zero-order valence-electron chi connectivity index (χ0n) is 14.0. The first-order chi connectivity index (χ1) is 11.6. The summed E-state index contributed by atoms with van der Waals surface area (Å²) in [7, 11) is -1.02. The van der Waals surface area contributed by atoms with Gasteiger partial charge in [0.25, 0.3) is 0 Å². The number of nitrogens with zero attached hydrogens (tertiary/aromatic N) is 3. The summed E-state index contributed by atoms with van der Waals surface area (Å²) in [4.78, 5) is 7.91. The first-order valence-corrected chi connectivity index (χ1v) is 9.10. The molecule has 1 fully saturated rings. The molecule has 10 heteroatoms. The molecule has 1 saturated heterocycles. The van der Waals surface area contributed by atoms with Crippen LogP contribution >= 0.6 is 8.38 Å². The van der Waals surface area contributed by atoms with E-state index in [4.69, 9.17) is 31.1 Å². The Kier molecular flexibility index (Phi) is 7.14. The van der Waals surface area contributed by atoms with Gasteiger partial charge in [0.1, 0.15) is 18.2 Å². The number of rotatable bonds is 8. The van der Waals surface area contributed by atoms with Crippen molar-refractivity contribution in [2.75, 3.05) is 29.7 Å². The van der Waals surface area contributed by atoms with E-state index in [-0.39, 0.29) is 23.8 Å². The lowest BCUT2D eigenvalue weighted by Gasteiger charge is -2.25. The van der Waals surface area contributed by atoms with Gasteiger partial charge < -0.3 is 25.3 Å². The van der Waals surface area contributed by atoms with E-state index in [1.807, 2.05) is 25.7 Å². The normalized spacial score (nSPS) is 21.0. The molecule has 0 saturated carbocycles. The Labute approximate surface area is 143 Å². The van der Waals surface area contributed by atoms with Gasteiger partial charge in [-0.1, -0.05) is 6.08 Å². The van der Waals surface area contributed by atoms with Gasteiger partial charge in [-0.3, -0.25) is 5.01 Å². The number of hydrogen-bond donors (Lipinski definition) is 3. The Balaban J connectivity index is 1.95. The van der Waals surface area contributed by atoms with Crippen molar-refractivity contribution < 1.29 is 13.8 Å². The molecule has 1 aliphatic rings. The van der Waals surface area contributed by atoms with Crippen molar-refractivity contribution in [3.8, 4) is 0 Å². The predicted molar refractivity (Wildman–Crippen MR) is 94.7 cm³/mol. The van der Waals surface area contributed by atoms with Gasteiger partial charge in [-0.2, -0.15) is 0 Å². The summed E-state index contributed by atoms with van der Waals surface area (Å²) in [6.07, 6.45) is 4.47. The number of nitrogens with two attached hydrogens (primary N) is 3. The molecule has 0 spiro atoms. The highest BCUT2D eigenvalue weighted by molar-refractivity contribution is 7.50. The van der Waals surface area contributed by atoms with Gasteiger partial charge in [0.05, 0.1) is 19.3 Å². The third-order valence-electron chi connectivity index (χ3n) is 3.41. The third-order valence-corrected chi connectivity index (χ3v) is 4.85. The van der Waals surface area contributed by atoms with E-state index in [1.165, 1.54) is 11.3 Å². The van der Waals surface area contributed by atoms with Crippen molar-refractivity contribution in [1.82, 2.24) is 9.97 Å². The van der Waals surface area contributed by atoms with Gasteiger partial charge in [0, 0.05) is 0 Å². The predicted octanol–water partition coefficient (Wildman–Crippen LogP) is 1.72. The second-order valence-electron chi connectivity index (χ2n) is 5.07.